The van der Waals surface area contributed by atoms with Gasteiger partial charge in [-0.1, -0.05) is 51.1 Å². The molecule has 0 fully saturated rings. The van der Waals surface area contributed by atoms with Crippen LogP contribution in [0.3, 0.4) is 0 Å². The number of carboxylic acids is 1. The zero-order chi connectivity index (χ0) is 34.0. The van der Waals surface area contributed by atoms with Crippen LogP contribution in [0, 0.1) is 17.0 Å². The lowest BCUT2D eigenvalue weighted by Gasteiger charge is -2.40. The van der Waals surface area contributed by atoms with Crippen molar-refractivity contribution in [2.24, 2.45) is 16.9 Å². The molecule has 0 radical (unpaired) electrons. The number of benzene rings is 2. The quantitative estimate of drug-likeness (QED) is 0.148. The highest BCUT2D eigenvalue weighted by Crippen LogP contribution is 2.39. The summed E-state index contributed by atoms with van der Waals surface area (Å²) in [5, 5.41) is 22.0. The zero-order valence-corrected chi connectivity index (χ0v) is 26.5. The molecule has 0 aliphatic heterocycles. The number of carboxylic acid groups (broad SMARTS) is 1. The number of unbranched alkanes of at least 4 members (excludes halogenated alkanes) is 1. The van der Waals surface area contributed by atoms with Crippen LogP contribution in [-0.2, 0) is 20.9 Å². The molecule has 0 saturated carbocycles. The molecular weight excluding hydrogens is 598 g/mol. The van der Waals surface area contributed by atoms with Crippen molar-refractivity contribution < 1.29 is 33.4 Å². The first kappa shape index (κ1) is 36.3. The van der Waals surface area contributed by atoms with Crippen LogP contribution < -0.4 is 16.8 Å². The lowest BCUT2D eigenvalue weighted by Crippen LogP contribution is -2.50. The third-order valence-corrected chi connectivity index (χ3v) is 7.62. The molecule has 2 amide bonds. The Kier molecular flexibility index (Phi) is 12.9. The van der Waals surface area contributed by atoms with E-state index in [-0.39, 0.29) is 37.2 Å². The Balaban J connectivity index is 2.00. The number of carbonyl (C=O) groups is 3. The second kappa shape index (κ2) is 16.4. The van der Waals surface area contributed by atoms with Gasteiger partial charge in [0.2, 0.25) is 11.8 Å². The van der Waals surface area contributed by atoms with Crippen LogP contribution in [0.1, 0.15) is 63.9 Å². The number of rotatable bonds is 16. The zero-order valence-electron chi connectivity index (χ0n) is 26.5. The van der Waals surface area contributed by atoms with Crippen LogP contribution in [0.25, 0.3) is 11.3 Å². The molecule has 0 aliphatic carbocycles. The highest BCUT2D eigenvalue weighted by Gasteiger charge is 2.38. The summed E-state index contributed by atoms with van der Waals surface area (Å²) in [4.78, 5) is 44.0. The summed E-state index contributed by atoms with van der Waals surface area (Å²) >= 11 is 0. The van der Waals surface area contributed by atoms with Crippen LogP contribution in [-0.4, -0.2) is 74.2 Å². The third kappa shape index (κ3) is 9.65. The van der Waals surface area contributed by atoms with Gasteiger partial charge in [0.15, 0.2) is 0 Å². The molecule has 13 heteroatoms. The lowest BCUT2D eigenvalue weighted by atomic mass is 9.84. The van der Waals surface area contributed by atoms with Crippen molar-refractivity contribution in [2.45, 2.75) is 71.1 Å². The summed E-state index contributed by atoms with van der Waals surface area (Å²) in [6.07, 6.45) is 2.82. The minimum atomic E-state index is -1.20. The molecule has 0 spiro atoms. The Morgan fingerprint density at radius 3 is 2.37 bits per heavy atom. The second-order valence-corrected chi connectivity index (χ2v) is 12.3. The van der Waals surface area contributed by atoms with Crippen molar-refractivity contribution in [1.29, 1.82) is 0 Å². The van der Waals surface area contributed by atoms with Crippen LogP contribution in [0.5, 0.6) is 0 Å². The van der Waals surface area contributed by atoms with Gasteiger partial charge in [0, 0.05) is 24.8 Å². The SMILES string of the molecule is CC(C)(C)[C@H](c1nc(-c2cc(F)ccc2F)cn1Cc1ccccc1)N(CC[C@H](N)C(=O)N[C@@H](CCCCN)C(=O)O)C(=O)CO. The third-order valence-electron chi connectivity index (χ3n) is 7.62. The van der Waals surface area contributed by atoms with Gasteiger partial charge in [-0.25, -0.2) is 18.6 Å². The number of nitrogens with one attached hydrogen (secondary N) is 1. The Morgan fingerprint density at radius 1 is 1.07 bits per heavy atom. The number of nitrogens with zero attached hydrogens (tertiary/aromatic N) is 3. The fourth-order valence-corrected chi connectivity index (χ4v) is 5.30. The number of amides is 2. The number of aliphatic hydroxyl groups excluding tert-OH is 1. The first-order valence-corrected chi connectivity index (χ1v) is 15.2. The summed E-state index contributed by atoms with van der Waals surface area (Å²) in [5.74, 6) is -3.52. The molecule has 0 saturated heterocycles. The van der Waals surface area contributed by atoms with Gasteiger partial charge in [-0.2, -0.15) is 0 Å². The first-order chi connectivity index (χ1) is 21.8. The Labute approximate surface area is 267 Å². The van der Waals surface area contributed by atoms with Crippen molar-refractivity contribution in [2.75, 3.05) is 19.7 Å². The summed E-state index contributed by atoms with van der Waals surface area (Å²) < 4.78 is 30.9. The molecule has 0 aliphatic rings. The van der Waals surface area contributed by atoms with Crippen molar-refractivity contribution in [1.82, 2.24) is 19.8 Å². The van der Waals surface area contributed by atoms with E-state index in [2.05, 4.69) is 5.32 Å². The van der Waals surface area contributed by atoms with E-state index in [1.807, 2.05) is 51.1 Å². The van der Waals surface area contributed by atoms with Gasteiger partial charge in [-0.15, -0.1) is 0 Å². The summed E-state index contributed by atoms with van der Waals surface area (Å²) in [6, 6.07) is 9.32. The molecule has 250 valence electrons. The number of hydrogen-bond acceptors (Lipinski definition) is 7. The number of imidazole rings is 1. The van der Waals surface area contributed by atoms with Gasteiger partial charge in [-0.3, -0.25) is 9.59 Å². The van der Waals surface area contributed by atoms with Crippen molar-refractivity contribution in [3.8, 4) is 11.3 Å². The van der Waals surface area contributed by atoms with Gasteiger partial charge < -0.3 is 36.5 Å². The summed E-state index contributed by atoms with van der Waals surface area (Å²) in [7, 11) is 0. The number of carbonyl (C=O) groups excluding carboxylic acids is 2. The highest BCUT2D eigenvalue weighted by atomic mass is 19.1. The number of aromatic nitrogens is 2. The van der Waals surface area contributed by atoms with Crippen LogP contribution in [0.2, 0.25) is 0 Å². The molecule has 11 nitrogen and oxygen atoms in total. The maximum Gasteiger partial charge on any atom is 0.326 e. The van der Waals surface area contributed by atoms with E-state index in [0.717, 1.165) is 23.8 Å². The van der Waals surface area contributed by atoms with Gasteiger partial charge in [0.1, 0.15) is 30.1 Å². The molecule has 1 heterocycles. The molecule has 3 atom stereocenters. The minimum absolute atomic E-state index is 0.0566. The van der Waals surface area contributed by atoms with Crippen LogP contribution >= 0.6 is 0 Å². The van der Waals surface area contributed by atoms with Crippen LogP contribution in [0.4, 0.5) is 8.78 Å². The number of nitrogens with two attached hydrogens (primary N) is 2. The number of aliphatic hydroxyl groups is 1. The van der Waals surface area contributed by atoms with Crippen LogP contribution in [0.15, 0.2) is 54.7 Å². The standard InChI is InChI=1S/C33H44F2N6O5/c1-33(2,3)29(41(28(43)20-42)16-14-25(37)31(44)39-26(32(45)46)11-7-8-15-36)30-38-27(23-17-22(34)12-13-24(23)35)19-40(30)18-21-9-5-4-6-10-21/h4-6,9-10,12-13,17,19,25-26,29,42H,7-8,11,14-16,18,20,36-37H2,1-3H3,(H,39,44)(H,45,46)/t25-,26-,29-/m0/s1. The smallest absolute Gasteiger partial charge is 0.326 e. The molecule has 3 aromatic rings. The molecule has 2 aromatic carbocycles. The molecule has 3 rings (SSSR count). The van der Waals surface area contributed by atoms with Crippen molar-refractivity contribution in [3.63, 3.8) is 0 Å². The molecular formula is C33H44F2N6O5. The summed E-state index contributed by atoms with van der Waals surface area (Å²) in [6.45, 7) is 5.34. The fourth-order valence-electron chi connectivity index (χ4n) is 5.30. The molecule has 46 heavy (non-hydrogen) atoms. The molecule has 1 aromatic heterocycles. The normalized spacial score (nSPS) is 13.6. The van der Waals surface area contributed by atoms with E-state index in [1.54, 1.807) is 10.8 Å². The first-order valence-electron chi connectivity index (χ1n) is 15.2. The highest BCUT2D eigenvalue weighted by molar-refractivity contribution is 5.86. The topological polar surface area (TPSA) is 177 Å². The average molecular weight is 643 g/mol. The summed E-state index contributed by atoms with van der Waals surface area (Å²) in [5.41, 5.74) is 11.9. The Hall–Kier alpha value is -4.20. The largest absolute Gasteiger partial charge is 0.480 e. The van der Waals surface area contributed by atoms with E-state index in [1.165, 1.54) is 4.90 Å². The number of hydrogen-bond donors (Lipinski definition) is 5. The second-order valence-electron chi connectivity index (χ2n) is 12.3. The average Bonchev–Trinajstić information content (AvgIpc) is 3.41. The number of halogens is 2. The minimum Gasteiger partial charge on any atom is -0.480 e. The Morgan fingerprint density at radius 2 is 1.76 bits per heavy atom. The van der Waals surface area contributed by atoms with Gasteiger partial charge >= 0.3 is 5.97 Å². The molecule has 0 bridgehead atoms. The molecule has 7 N–H and O–H groups in total. The maximum absolute atomic E-state index is 14.9. The van der Waals surface area contributed by atoms with E-state index < -0.39 is 59.6 Å². The van der Waals surface area contributed by atoms with E-state index in [9.17, 15) is 33.4 Å². The van der Waals surface area contributed by atoms with Gasteiger partial charge in [0.05, 0.1) is 17.8 Å². The predicted molar refractivity (Wildman–Crippen MR) is 169 cm³/mol. The van der Waals surface area contributed by atoms with E-state index in [4.69, 9.17) is 16.5 Å². The van der Waals surface area contributed by atoms with Crippen molar-refractivity contribution in [3.05, 3.63) is 77.8 Å². The number of aliphatic carboxylic acids is 1. The monoisotopic (exact) mass is 642 g/mol. The fraction of sp³-hybridized carbons (Fsp3) is 0.455. The Bertz CT molecular complexity index is 1480. The van der Waals surface area contributed by atoms with E-state index >= 15 is 0 Å². The van der Waals surface area contributed by atoms with Gasteiger partial charge in [0.25, 0.3) is 0 Å². The van der Waals surface area contributed by atoms with Gasteiger partial charge in [-0.05, 0) is 61.4 Å². The van der Waals surface area contributed by atoms with Crippen molar-refractivity contribution >= 4 is 17.8 Å². The maximum atomic E-state index is 14.9. The predicted octanol–water partition coefficient (Wildman–Crippen LogP) is 3.20. The van der Waals surface area contributed by atoms with E-state index in [0.29, 0.717) is 25.2 Å². The molecule has 0 unspecified atom stereocenters. The lowest BCUT2D eigenvalue weighted by molar-refractivity contribution is -0.142.